The first kappa shape index (κ1) is 17.4. The maximum atomic E-state index is 12.7. The molecule has 2 aromatic carbocycles. The molecule has 0 fully saturated rings. The molecule has 25 heavy (non-hydrogen) atoms. The number of nitrogens with zero attached hydrogens (tertiary/aromatic N) is 2. The van der Waals surface area contributed by atoms with Gasteiger partial charge in [-0.1, -0.05) is 54.7 Å². The highest BCUT2D eigenvalue weighted by Crippen LogP contribution is 2.37. The number of thiazole rings is 1. The molecular formula is C20H22N2O2S. The van der Waals surface area contributed by atoms with Crippen LogP contribution in [0.3, 0.4) is 0 Å². The van der Waals surface area contributed by atoms with E-state index in [-0.39, 0.29) is 5.91 Å². The molecule has 0 radical (unpaired) electrons. The van der Waals surface area contributed by atoms with E-state index in [1.165, 1.54) is 0 Å². The Morgan fingerprint density at radius 3 is 2.64 bits per heavy atom. The molecule has 0 unspecified atom stereocenters. The summed E-state index contributed by atoms with van der Waals surface area (Å²) < 4.78 is 6.51. The minimum atomic E-state index is 0.0991. The van der Waals surface area contributed by atoms with E-state index >= 15 is 0 Å². The number of hydrogen-bond acceptors (Lipinski definition) is 4. The van der Waals surface area contributed by atoms with Crippen molar-refractivity contribution < 1.29 is 9.53 Å². The molecule has 0 atom stereocenters. The maximum absolute atomic E-state index is 12.7. The largest absolute Gasteiger partial charge is 0.494 e. The monoisotopic (exact) mass is 354 g/mol. The van der Waals surface area contributed by atoms with Crippen LogP contribution in [0.5, 0.6) is 5.75 Å². The Kier molecular flexibility index (Phi) is 5.34. The van der Waals surface area contributed by atoms with Crippen LogP contribution >= 0.6 is 11.3 Å². The topological polar surface area (TPSA) is 42.4 Å². The molecule has 0 spiro atoms. The lowest BCUT2D eigenvalue weighted by Crippen LogP contribution is -2.29. The number of methoxy groups -OCH3 is 1. The van der Waals surface area contributed by atoms with Gasteiger partial charge in [0.15, 0.2) is 5.13 Å². The van der Waals surface area contributed by atoms with Crippen molar-refractivity contribution in [1.29, 1.82) is 0 Å². The first-order chi connectivity index (χ1) is 12.1. The van der Waals surface area contributed by atoms with Gasteiger partial charge >= 0.3 is 0 Å². The van der Waals surface area contributed by atoms with Crippen LogP contribution in [0.2, 0.25) is 0 Å². The summed E-state index contributed by atoms with van der Waals surface area (Å²) in [5.74, 6) is 0.840. The number of carbonyl (C=O) groups excluding carboxylic acids is 1. The van der Waals surface area contributed by atoms with Gasteiger partial charge in [-0.15, -0.1) is 0 Å². The average molecular weight is 354 g/mol. The zero-order chi connectivity index (χ0) is 17.8. The smallest absolute Gasteiger partial charge is 0.229 e. The van der Waals surface area contributed by atoms with Gasteiger partial charge < -0.3 is 4.74 Å². The molecular weight excluding hydrogens is 332 g/mol. The lowest BCUT2D eigenvalue weighted by Gasteiger charge is -2.19. The molecule has 0 N–H and O–H groups in total. The molecule has 130 valence electrons. The summed E-state index contributed by atoms with van der Waals surface area (Å²) in [7, 11) is 1.65. The number of fused-ring (bicyclic) bond motifs is 1. The minimum absolute atomic E-state index is 0.0991. The fraction of sp³-hybridized carbons (Fsp3) is 0.300. The van der Waals surface area contributed by atoms with E-state index in [9.17, 15) is 4.79 Å². The molecule has 0 aliphatic rings. The van der Waals surface area contributed by atoms with Gasteiger partial charge in [-0.05, 0) is 30.5 Å². The summed E-state index contributed by atoms with van der Waals surface area (Å²) >= 11 is 1.55. The predicted octanol–water partition coefficient (Wildman–Crippen LogP) is 4.95. The molecule has 1 amide bonds. The summed E-state index contributed by atoms with van der Waals surface area (Å²) in [4.78, 5) is 19.3. The Hall–Kier alpha value is -2.40. The fourth-order valence-electron chi connectivity index (χ4n) is 2.76. The molecule has 0 saturated carbocycles. The summed E-state index contributed by atoms with van der Waals surface area (Å²) in [6, 6.07) is 14.0. The second-order valence-corrected chi connectivity index (χ2v) is 6.95. The molecule has 0 saturated heterocycles. The number of aromatic nitrogens is 1. The van der Waals surface area contributed by atoms with E-state index in [0.29, 0.717) is 13.0 Å². The lowest BCUT2D eigenvalue weighted by atomic mass is 10.2. The molecule has 5 heteroatoms. The van der Waals surface area contributed by atoms with E-state index in [4.69, 9.17) is 9.72 Å². The van der Waals surface area contributed by atoms with Crippen molar-refractivity contribution in [1.82, 2.24) is 4.98 Å². The van der Waals surface area contributed by atoms with Gasteiger partial charge in [0.2, 0.25) is 5.91 Å². The van der Waals surface area contributed by atoms with Gasteiger partial charge in [-0.25, -0.2) is 4.98 Å². The number of hydrogen-bond donors (Lipinski definition) is 0. The van der Waals surface area contributed by atoms with Crippen molar-refractivity contribution in [3.8, 4) is 5.75 Å². The van der Waals surface area contributed by atoms with Crippen LogP contribution in [0.15, 0.2) is 42.5 Å². The van der Waals surface area contributed by atoms with Gasteiger partial charge in [0.1, 0.15) is 11.3 Å². The van der Waals surface area contributed by atoms with Crippen molar-refractivity contribution in [2.45, 2.75) is 33.2 Å². The first-order valence-electron chi connectivity index (χ1n) is 8.42. The zero-order valence-electron chi connectivity index (χ0n) is 14.8. The Balaban J connectivity index is 2.04. The Bertz CT molecular complexity index is 874. The third-order valence-electron chi connectivity index (χ3n) is 4.09. The van der Waals surface area contributed by atoms with Crippen molar-refractivity contribution >= 4 is 32.6 Å². The normalized spacial score (nSPS) is 10.8. The zero-order valence-corrected chi connectivity index (χ0v) is 15.6. The molecule has 0 aliphatic heterocycles. The number of benzene rings is 2. The Labute approximate surface area is 152 Å². The van der Waals surface area contributed by atoms with E-state index in [0.717, 1.165) is 38.6 Å². The third kappa shape index (κ3) is 3.66. The summed E-state index contributed by atoms with van der Waals surface area (Å²) in [5, 5.41) is 0.727. The third-order valence-corrected chi connectivity index (χ3v) is 5.31. The molecule has 0 bridgehead atoms. The second-order valence-electron chi connectivity index (χ2n) is 5.97. The highest BCUT2D eigenvalue weighted by Gasteiger charge is 2.21. The van der Waals surface area contributed by atoms with E-state index < -0.39 is 0 Å². The van der Waals surface area contributed by atoms with Crippen molar-refractivity contribution in [3.63, 3.8) is 0 Å². The van der Waals surface area contributed by atoms with E-state index in [2.05, 4.69) is 6.92 Å². The van der Waals surface area contributed by atoms with Crippen LogP contribution in [0.4, 0.5) is 5.13 Å². The van der Waals surface area contributed by atoms with Crippen LogP contribution in [-0.4, -0.2) is 18.0 Å². The maximum Gasteiger partial charge on any atom is 0.229 e. The molecule has 3 aromatic rings. The van der Waals surface area contributed by atoms with E-state index in [1.807, 2.05) is 49.4 Å². The predicted molar refractivity (Wildman–Crippen MR) is 103 cm³/mol. The van der Waals surface area contributed by atoms with Gasteiger partial charge in [0, 0.05) is 6.42 Å². The first-order valence-corrected chi connectivity index (χ1v) is 9.24. The van der Waals surface area contributed by atoms with Crippen molar-refractivity contribution in [3.05, 3.63) is 53.6 Å². The van der Waals surface area contributed by atoms with Gasteiger partial charge in [-0.2, -0.15) is 0 Å². The van der Waals surface area contributed by atoms with E-state index in [1.54, 1.807) is 23.3 Å². The Morgan fingerprint density at radius 1 is 1.20 bits per heavy atom. The fourth-order valence-corrected chi connectivity index (χ4v) is 3.82. The van der Waals surface area contributed by atoms with Crippen LogP contribution in [-0.2, 0) is 11.3 Å². The van der Waals surface area contributed by atoms with Gasteiger partial charge in [-0.3, -0.25) is 9.69 Å². The van der Waals surface area contributed by atoms with Crippen LogP contribution in [0, 0.1) is 6.92 Å². The van der Waals surface area contributed by atoms with Gasteiger partial charge in [0.05, 0.1) is 18.4 Å². The summed E-state index contributed by atoms with van der Waals surface area (Å²) in [5.41, 5.74) is 3.06. The molecule has 0 aliphatic carbocycles. The lowest BCUT2D eigenvalue weighted by molar-refractivity contribution is -0.118. The standard InChI is InChI=1S/C20H22N2O2S/c1-4-8-17(23)22(13-15-9-6-5-7-10-15)20-21-18-16(24-3)12-11-14(2)19(18)25-20/h5-7,9-12H,4,8,13H2,1-3H3. The summed E-state index contributed by atoms with van der Waals surface area (Å²) in [6.45, 7) is 4.60. The van der Waals surface area contributed by atoms with Crippen LogP contribution in [0.1, 0.15) is 30.9 Å². The molecule has 4 nitrogen and oxygen atoms in total. The number of aryl methyl sites for hydroxylation is 1. The molecule has 1 heterocycles. The Morgan fingerprint density at radius 2 is 1.96 bits per heavy atom. The number of ether oxygens (including phenoxy) is 1. The van der Waals surface area contributed by atoms with Crippen molar-refractivity contribution in [2.75, 3.05) is 12.0 Å². The minimum Gasteiger partial charge on any atom is -0.494 e. The highest BCUT2D eigenvalue weighted by molar-refractivity contribution is 7.22. The van der Waals surface area contributed by atoms with Crippen LogP contribution < -0.4 is 9.64 Å². The number of amides is 1. The van der Waals surface area contributed by atoms with Crippen molar-refractivity contribution in [2.24, 2.45) is 0 Å². The molecule has 1 aromatic heterocycles. The summed E-state index contributed by atoms with van der Waals surface area (Å²) in [6.07, 6.45) is 1.33. The number of anilines is 1. The highest BCUT2D eigenvalue weighted by atomic mass is 32.1. The average Bonchev–Trinajstić information content (AvgIpc) is 3.07. The molecule has 3 rings (SSSR count). The number of rotatable bonds is 6. The second kappa shape index (κ2) is 7.66. The quantitative estimate of drug-likeness (QED) is 0.629. The number of carbonyl (C=O) groups is 1. The van der Waals surface area contributed by atoms with Gasteiger partial charge in [0.25, 0.3) is 0 Å². The van der Waals surface area contributed by atoms with Crippen LogP contribution in [0.25, 0.3) is 10.2 Å². The SMILES string of the molecule is CCCC(=O)N(Cc1ccccc1)c1nc2c(OC)ccc(C)c2s1.